The van der Waals surface area contributed by atoms with E-state index in [2.05, 4.69) is 6.58 Å². The molecule has 5 rings (SSSR count). The first kappa shape index (κ1) is 19.8. The minimum absolute atomic E-state index is 0.0691. The maximum atomic E-state index is 15.7. The number of benzene rings is 1. The van der Waals surface area contributed by atoms with Crippen LogP contribution in [-0.2, 0) is 9.53 Å². The lowest BCUT2D eigenvalue weighted by Gasteiger charge is -2.29. The molecule has 1 aromatic carbocycles. The van der Waals surface area contributed by atoms with Gasteiger partial charge >= 0.3 is 0 Å². The zero-order chi connectivity index (χ0) is 21.5. The van der Waals surface area contributed by atoms with Crippen LogP contribution < -0.4 is 20.0 Å². The van der Waals surface area contributed by atoms with E-state index in [-0.39, 0.29) is 35.6 Å². The molecule has 2 aliphatic heterocycles. The van der Waals surface area contributed by atoms with E-state index in [0.717, 1.165) is 6.08 Å². The second kappa shape index (κ2) is 7.82. The van der Waals surface area contributed by atoms with Gasteiger partial charge < -0.3 is 18.8 Å². The molecule has 0 atom stereocenters. The molecular formula is C22H19FN2O5S. The van der Waals surface area contributed by atoms with Crippen LogP contribution in [0.1, 0.15) is 0 Å². The Morgan fingerprint density at radius 3 is 2.74 bits per heavy atom. The summed E-state index contributed by atoms with van der Waals surface area (Å²) in [4.78, 5) is 28.2. The van der Waals surface area contributed by atoms with Crippen molar-refractivity contribution >= 4 is 39.1 Å². The number of hydrogen-bond donors (Lipinski definition) is 0. The van der Waals surface area contributed by atoms with Crippen LogP contribution in [0, 0.1) is 5.82 Å². The first-order valence-electron chi connectivity index (χ1n) is 9.86. The molecule has 2 aromatic heterocycles. The minimum atomic E-state index is -0.605. The number of hydrogen-bond acceptors (Lipinski definition) is 7. The predicted octanol–water partition coefficient (Wildman–Crippen LogP) is 3.41. The second-order valence-corrected chi connectivity index (χ2v) is 8.05. The van der Waals surface area contributed by atoms with Crippen molar-refractivity contribution in [2.75, 3.05) is 49.3 Å². The van der Waals surface area contributed by atoms with Gasteiger partial charge in [0.05, 0.1) is 19.8 Å². The quantitative estimate of drug-likeness (QED) is 0.579. The third-order valence-electron chi connectivity index (χ3n) is 5.41. The van der Waals surface area contributed by atoms with Crippen LogP contribution in [0.2, 0.25) is 0 Å². The number of halogens is 1. The fraction of sp³-hybridized carbons (Fsp3) is 0.273. The molecule has 1 saturated heterocycles. The van der Waals surface area contributed by atoms with Crippen LogP contribution in [0.25, 0.3) is 21.4 Å². The summed E-state index contributed by atoms with van der Waals surface area (Å²) in [6.07, 6.45) is 1.15. The number of rotatable bonds is 3. The summed E-state index contributed by atoms with van der Waals surface area (Å²) in [5, 5.41) is 1.70. The molecule has 7 nitrogen and oxygen atoms in total. The lowest BCUT2D eigenvalue weighted by molar-refractivity contribution is -0.114. The first-order valence-corrected chi connectivity index (χ1v) is 10.7. The van der Waals surface area contributed by atoms with E-state index in [1.807, 2.05) is 4.90 Å². The van der Waals surface area contributed by atoms with Crippen molar-refractivity contribution < 1.29 is 23.1 Å². The number of carbonyl (C=O) groups is 1. The van der Waals surface area contributed by atoms with Crippen molar-refractivity contribution in [1.29, 1.82) is 0 Å². The molecule has 0 aliphatic carbocycles. The Hall–Kier alpha value is -3.17. The van der Waals surface area contributed by atoms with Gasteiger partial charge in [0.1, 0.15) is 22.7 Å². The van der Waals surface area contributed by atoms with Crippen molar-refractivity contribution in [3.05, 3.63) is 52.3 Å². The number of carbonyl (C=O) groups excluding carboxylic acids is 1. The Morgan fingerprint density at radius 1 is 1.16 bits per heavy atom. The van der Waals surface area contributed by atoms with Gasteiger partial charge in [0.15, 0.2) is 17.3 Å². The van der Waals surface area contributed by atoms with Crippen LogP contribution in [0.4, 0.5) is 16.0 Å². The van der Waals surface area contributed by atoms with Crippen LogP contribution in [0.3, 0.4) is 0 Å². The summed E-state index contributed by atoms with van der Waals surface area (Å²) in [7, 11) is 0. The smallest absolute Gasteiger partial charge is 0.250 e. The number of nitrogens with zero attached hydrogens (tertiary/aromatic N) is 2. The molecule has 0 spiro atoms. The van der Waals surface area contributed by atoms with Gasteiger partial charge in [-0.15, -0.1) is 11.3 Å². The second-order valence-electron chi connectivity index (χ2n) is 7.17. The highest BCUT2D eigenvalue weighted by molar-refractivity contribution is 7.17. The van der Waals surface area contributed by atoms with Gasteiger partial charge in [-0.2, -0.15) is 0 Å². The fourth-order valence-corrected chi connectivity index (χ4v) is 4.77. The molecule has 0 N–H and O–H groups in total. The molecule has 0 radical (unpaired) electrons. The molecule has 1 amide bonds. The zero-order valence-corrected chi connectivity index (χ0v) is 17.4. The molecular weight excluding hydrogens is 423 g/mol. The number of morpholine rings is 1. The number of anilines is 2. The van der Waals surface area contributed by atoms with Gasteiger partial charge in [-0.1, -0.05) is 6.58 Å². The fourth-order valence-electron chi connectivity index (χ4n) is 3.87. The van der Waals surface area contributed by atoms with Gasteiger partial charge in [0.25, 0.3) is 5.91 Å². The number of ether oxygens (including phenoxy) is 2. The maximum Gasteiger partial charge on any atom is 0.250 e. The molecule has 9 heteroatoms. The van der Waals surface area contributed by atoms with Gasteiger partial charge in [-0.25, -0.2) is 4.39 Å². The van der Waals surface area contributed by atoms with Crippen molar-refractivity contribution in [3.8, 4) is 16.9 Å². The highest BCUT2D eigenvalue weighted by Gasteiger charge is 2.29. The summed E-state index contributed by atoms with van der Waals surface area (Å²) < 4.78 is 33.1. The summed E-state index contributed by atoms with van der Waals surface area (Å²) >= 11 is 1.20. The highest BCUT2D eigenvalue weighted by atomic mass is 32.1. The number of amides is 1. The van der Waals surface area contributed by atoms with E-state index >= 15 is 4.39 Å². The Bertz CT molecular complexity index is 1240. The van der Waals surface area contributed by atoms with Crippen molar-refractivity contribution in [1.82, 2.24) is 0 Å². The van der Waals surface area contributed by atoms with Gasteiger partial charge in [-0.05, 0) is 18.2 Å². The van der Waals surface area contributed by atoms with Crippen LogP contribution in [-0.4, -0.2) is 45.4 Å². The first-order chi connectivity index (χ1) is 15.1. The minimum Gasteiger partial charge on any atom is -0.489 e. The van der Waals surface area contributed by atoms with Gasteiger partial charge in [-0.3, -0.25) is 14.5 Å². The Labute approximate surface area is 180 Å². The topological polar surface area (TPSA) is 72.2 Å². The number of thiophene rings is 1. The SMILES string of the molecule is C=CC(=O)N1CCOc2ccc(-c3csc4c(=O)cc(N5CCOCC5)oc34)c(F)c21. The third-order valence-corrected chi connectivity index (χ3v) is 6.38. The molecule has 2 aliphatic rings. The van der Waals surface area contributed by atoms with Gasteiger partial charge in [0, 0.05) is 35.7 Å². The van der Waals surface area contributed by atoms with Crippen LogP contribution in [0.15, 0.2) is 45.4 Å². The average molecular weight is 442 g/mol. The third kappa shape index (κ3) is 3.30. The van der Waals surface area contributed by atoms with Crippen LogP contribution >= 0.6 is 11.3 Å². The molecule has 3 aromatic rings. The summed E-state index contributed by atoms with van der Waals surface area (Å²) in [5.74, 6) is -0.285. The molecule has 1 fully saturated rings. The van der Waals surface area contributed by atoms with Crippen molar-refractivity contribution in [2.24, 2.45) is 0 Å². The monoisotopic (exact) mass is 442 g/mol. The lowest BCUT2D eigenvalue weighted by atomic mass is 10.0. The standard InChI is InChI=1S/C22H19FN2O5S/c1-2-17(27)25-7-10-29-16-4-3-13(19(23)20(16)25)14-12-31-22-15(26)11-18(30-21(14)22)24-5-8-28-9-6-24/h2-4,11-12H,1,5-10H2. The molecule has 160 valence electrons. The van der Waals surface area contributed by atoms with E-state index in [1.54, 1.807) is 17.5 Å². The van der Waals surface area contributed by atoms with Crippen molar-refractivity contribution in [3.63, 3.8) is 0 Å². The summed E-state index contributed by atoms with van der Waals surface area (Å²) in [6, 6.07) is 4.68. The molecule has 4 heterocycles. The van der Waals surface area contributed by atoms with E-state index in [9.17, 15) is 9.59 Å². The zero-order valence-electron chi connectivity index (χ0n) is 16.6. The Morgan fingerprint density at radius 2 is 1.97 bits per heavy atom. The molecule has 0 unspecified atom stereocenters. The van der Waals surface area contributed by atoms with E-state index in [4.69, 9.17) is 13.9 Å². The lowest BCUT2D eigenvalue weighted by Crippen LogP contribution is -2.37. The van der Waals surface area contributed by atoms with E-state index < -0.39 is 11.7 Å². The number of fused-ring (bicyclic) bond motifs is 2. The molecule has 0 bridgehead atoms. The predicted molar refractivity (Wildman–Crippen MR) is 117 cm³/mol. The molecule has 0 saturated carbocycles. The van der Waals surface area contributed by atoms with Gasteiger partial charge in [0.2, 0.25) is 5.43 Å². The van der Waals surface area contributed by atoms with Crippen molar-refractivity contribution in [2.45, 2.75) is 0 Å². The highest BCUT2D eigenvalue weighted by Crippen LogP contribution is 2.42. The molecule has 31 heavy (non-hydrogen) atoms. The maximum absolute atomic E-state index is 15.7. The largest absolute Gasteiger partial charge is 0.489 e. The Kier molecular flexibility index (Phi) is 4.99. The Balaban J connectivity index is 1.66. The summed E-state index contributed by atoms with van der Waals surface area (Å²) in [6.45, 7) is 6.30. The summed E-state index contributed by atoms with van der Waals surface area (Å²) in [5.41, 5.74) is 0.920. The van der Waals surface area contributed by atoms with E-state index in [0.29, 0.717) is 48.0 Å². The van der Waals surface area contributed by atoms with E-state index in [1.165, 1.54) is 22.3 Å². The average Bonchev–Trinajstić information content (AvgIpc) is 3.23. The normalized spacial score (nSPS) is 16.2. The van der Waals surface area contributed by atoms with Crippen LogP contribution in [0.5, 0.6) is 5.75 Å².